The lowest BCUT2D eigenvalue weighted by molar-refractivity contribution is 0.664. The maximum Gasteiger partial charge on any atom is 0.135 e. The number of nitrogens with zero attached hydrogens (tertiary/aromatic N) is 2. The van der Waals surface area contributed by atoms with E-state index in [0.29, 0.717) is 0 Å². The molecule has 0 fully saturated rings. The Morgan fingerprint density at radius 3 is 0.881 bits per heavy atom. The first-order valence-electron chi connectivity index (χ1n) is 20.1. The SMILES string of the molecule is c1ccc(N(c2ccccc2)c2ccc(-c3ccc4oc5ccc(-c6ccc(N(c7ccccc7)c7ccccc7)cc6)c6cccc(c7cccc3c47)c56)cc2)cc1. The minimum absolute atomic E-state index is 0.867. The van der Waals surface area contributed by atoms with E-state index in [9.17, 15) is 0 Å². The zero-order valence-electron chi connectivity index (χ0n) is 32.2. The Morgan fingerprint density at radius 1 is 0.237 bits per heavy atom. The second-order valence-corrected chi connectivity index (χ2v) is 14.9. The van der Waals surface area contributed by atoms with E-state index in [4.69, 9.17) is 4.42 Å². The third-order valence-corrected chi connectivity index (χ3v) is 11.4. The summed E-state index contributed by atoms with van der Waals surface area (Å²) in [4.78, 5) is 4.59. The van der Waals surface area contributed by atoms with Crippen molar-refractivity contribution in [2.24, 2.45) is 0 Å². The van der Waals surface area contributed by atoms with Crippen molar-refractivity contribution in [3.63, 3.8) is 0 Å². The molecular weight excluding hydrogens is 717 g/mol. The summed E-state index contributed by atoms with van der Waals surface area (Å²) in [5.41, 5.74) is 13.1. The average molecular weight is 755 g/mol. The Labute approximate surface area is 343 Å². The van der Waals surface area contributed by atoms with E-state index in [1.807, 2.05) is 0 Å². The lowest BCUT2D eigenvalue weighted by Gasteiger charge is -2.25. The van der Waals surface area contributed by atoms with Gasteiger partial charge in [0, 0.05) is 44.9 Å². The van der Waals surface area contributed by atoms with Gasteiger partial charge in [0.1, 0.15) is 11.2 Å². The van der Waals surface area contributed by atoms with Gasteiger partial charge >= 0.3 is 0 Å². The molecule has 0 amide bonds. The molecule has 0 bridgehead atoms. The van der Waals surface area contributed by atoms with Crippen molar-refractivity contribution >= 4 is 77.6 Å². The number of hydrogen-bond donors (Lipinski definition) is 0. The van der Waals surface area contributed by atoms with Crippen molar-refractivity contribution in [1.29, 1.82) is 0 Å². The van der Waals surface area contributed by atoms with Gasteiger partial charge in [-0.1, -0.05) is 146 Å². The Balaban J connectivity index is 1.01. The number of anilines is 6. The van der Waals surface area contributed by atoms with Crippen LogP contribution in [0, 0.1) is 0 Å². The summed E-state index contributed by atoms with van der Waals surface area (Å²) in [5, 5.41) is 6.93. The molecule has 0 atom stereocenters. The zero-order chi connectivity index (χ0) is 39.1. The van der Waals surface area contributed by atoms with Gasteiger partial charge in [-0.05, 0) is 129 Å². The molecule has 0 N–H and O–H groups in total. The highest BCUT2D eigenvalue weighted by atomic mass is 16.3. The van der Waals surface area contributed by atoms with Crippen LogP contribution >= 0.6 is 0 Å². The van der Waals surface area contributed by atoms with E-state index in [1.165, 1.54) is 21.9 Å². The van der Waals surface area contributed by atoms with Gasteiger partial charge in [-0.15, -0.1) is 0 Å². The van der Waals surface area contributed by atoms with Crippen molar-refractivity contribution in [2.75, 3.05) is 9.80 Å². The van der Waals surface area contributed by atoms with E-state index in [-0.39, 0.29) is 0 Å². The molecule has 59 heavy (non-hydrogen) atoms. The van der Waals surface area contributed by atoms with Crippen molar-refractivity contribution in [2.45, 2.75) is 0 Å². The number of hydrogen-bond acceptors (Lipinski definition) is 3. The molecule has 0 radical (unpaired) electrons. The molecule has 3 nitrogen and oxygen atoms in total. The molecule has 10 aromatic carbocycles. The fourth-order valence-electron chi connectivity index (χ4n) is 8.77. The van der Waals surface area contributed by atoms with Crippen LogP contribution in [0.3, 0.4) is 0 Å². The molecule has 0 aliphatic carbocycles. The summed E-state index contributed by atoms with van der Waals surface area (Å²) in [5.74, 6) is 0. The molecule has 0 aliphatic heterocycles. The zero-order valence-corrected chi connectivity index (χ0v) is 32.2. The predicted molar refractivity (Wildman–Crippen MR) is 249 cm³/mol. The van der Waals surface area contributed by atoms with Gasteiger partial charge in [0.25, 0.3) is 0 Å². The maximum absolute atomic E-state index is 6.91. The van der Waals surface area contributed by atoms with E-state index < -0.39 is 0 Å². The molecule has 1 aromatic heterocycles. The van der Waals surface area contributed by atoms with Gasteiger partial charge in [0.2, 0.25) is 0 Å². The molecule has 3 heteroatoms. The standard InChI is InChI=1S/C56H38N2O/c1-5-15-41(16-6-1)57(42-17-7-2-8-18-42)45-31-27-39(28-32-45)47-35-37-53-55-49(47)23-13-25-51(55)52-26-14-24-50-48(36-38-54(59-53)56(50)52)40-29-33-46(34-30-40)58(43-19-9-3-10-20-43)44-21-11-4-12-22-44/h1-38H. The molecule has 278 valence electrons. The van der Waals surface area contributed by atoms with Gasteiger partial charge in [-0.3, -0.25) is 0 Å². The minimum atomic E-state index is 0.867. The Morgan fingerprint density at radius 2 is 0.542 bits per heavy atom. The van der Waals surface area contributed by atoms with Crippen LogP contribution in [0.1, 0.15) is 0 Å². The lowest BCUT2D eigenvalue weighted by Crippen LogP contribution is -2.09. The minimum Gasteiger partial charge on any atom is -0.456 e. The van der Waals surface area contributed by atoms with Crippen LogP contribution in [0.2, 0.25) is 0 Å². The summed E-state index contributed by atoms with van der Waals surface area (Å²) < 4.78 is 6.91. The largest absolute Gasteiger partial charge is 0.456 e. The van der Waals surface area contributed by atoms with Crippen LogP contribution < -0.4 is 9.80 Å². The van der Waals surface area contributed by atoms with Crippen molar-refractivity contribution in [3.8, 4) is 22.3 Å². The molecule has 1 heterocycles. The Kier molecular flexibility index (Phi) is 8.49. The first-order chi connectivity index (χ1) is 29.3. The third-order valence-electron chi connectivity index (χ3n) is 11.4. The Bertz CT molecular complexity index is 2930. The van der Waals surface area contributed by atoms with Crippen LogP contribution in [-0.4, -0.2) is 0 Å². The first kappa shape index (κ1) is 34.4. The second kappa shape index (κ2) is 14.6. The van der Waals surface area contributed by atoms with Crippen molar-refractivity contribution in [1.82, 2.24) is 0 Å². The highest BCUT2D eigenvalue weighted by Gasteiger charge is 2.18. The molecule has 0 unspecified atom stereocenters. The smallest absolute Gasteiger partial charge is 0.135 e. The van der Waals surface area contributed by atoms with Gasteiger partial charge in [-0.25, -0.2) is 0 Å². The summed E-state index contributed by atoms with van der Waals surface area (Å²) in [7, 11) is 0. The number of rotatable bonds is 8. The van der Waals surface area contributed by atoms with E-state index in [1.54, 1.807) is 0 Å². The summed E-state index contributed by atoms with van der Waals surface area (Å²) in [6, 6.07) is 82.0. The predicted octanol–water partition coefficient (Wildman–Crippen LogP) is 16.2. The highest BCUT2D eigenvalue weighted by Crippen LogP contribution is 2.44. The van der Waals surface area contributed by atoms with Gasteiger partial charge in [0.05, 0.1) is 0 Å². The van der Waals surface area contributed by atoms with Gasteiger partial charge < -0.3 is 14.2 Å². The summed E-state index contributed by atoms with van der Waals surface area (Å²) in [6.07, 6.45) is 0. The third kappa shape index (κ3) is 6.08. The van der Waals surface area contributed by atoms with Gasteiger partial charge in [-0.2, -0.15) is 0 Å². The second-order valence-electron chi connectivity index (χ2n) is 14.9. The molecule has 0 aliphatic rings. The fourth-order valence-corrected chi connectivity index (χ4v) is 8.77. The molecule has 11 aromatic rings. The normalized spacial score (nSPS) is 11.4. The van der Waals surface area contributed by atoms with Gasteiger partial charge in [0.15, 0.2) is 0 Å². The number of fused-ring (bicyclic) bond motifs is 1. The van der Waals surface area contributed by atoms with Crippen molar-refractivity contribution < 1.29 is 4.42 Å². The molecule has 0 saturated carbocycles. The van der Waals surface area contributed by atoms with Crippen LogP contribution in [0.4, 0.5) is 34.1 Å². The molecule has 0 spiro atoms. The van der Waals surface area contributed by atoms with Crippen LogP contribution in [-0.2, 0) is 0 Å². The monoisotopic (exact) mass is 754 g/mol. The highest BCUT2D eigenvalue weighted by molar-refractivity contribution is 6.26. The van der Waals surface area contributed by atoms with E-state index >= 15 is 0 Å². The van der Waals surface area contributed by atoms with Crippen LogP contribution in [0.25, 0.3) is 65.7 Å². The average Bonchev–Trinajstić information content (AvgIpc) is 3.45. The maximum atomic E-state index is 6.91. The Hall–Kier alpha value is -7.88. The van der Waals surface area contributed by atoms with Crippen LogP contribution in [0.15, 0.2) is 235 Å². The number of para-hydroxylation sites is 4. The van der Waals surface area contributed by atoms with Crippen LogP contribution in [0.5, 0.6) is 0 Å². The lowest BCUT2D eigenvalue weighted by atomic mass is 9.92. The molecule has 11 rings (SSSR count). The number of benzene rings is 10. The fraction of sp³-hybridized carbons (Fsp3) is 0. The van der Waals surface area contributed by atoms with E-state index in [0.717, 1.165) is 78.0 Å². The summed E-state index contributed by atoms with van der Waals surface area (Å²) in [6.45, 7) is 0. The summed E-state index contributed by atoms with van der Waals surface area (Å²) >= 11 is 0. The first-order valence-corrected chi connectivity index (χ1v) is 20.1. The van der Waals surface area contributed by atoms with Crippen molar-refractivity contribution in [3.05, 3.63) is 231 Å². The van der Waals surface area contributed by atoms with E-state index in [2.05, 4.69) is 240 Å². The topological polar surface area (TPSA) is 19.6 Å². The molecule has 0 saturated heterocycles. The quantitative estimate of drug-likeness (QED) is 0.154. The molecular formula is C56H38N2O.